The van der Waals surface area contributed by atoms with Gasteiger partial charge in [0.05, 0.1) is 14.2 Å². The number of carboxylic acids is 1. The summed E-state index contributed by atoms with van der Waals surface area (Å²) in [4.78, 5) is 24.6. The number of carbonyl (C=O) groups is 2. The fourth-order valence-corrected chi connectivity index (χ4v) is 3.83. The Morgan fingerprint density at radius 1 is 1.19 bits per heavy atom. The smallest absolute Gasteiger partial charge is 0.490 e. The van der Waals surface area contributed by atoms with Gasteiger partial charge in [-0.1, -0.05) is 11.8 Å². The molecule has 0 radical (unpaired) electrons. The molecule has 3 heterocycles. The number of aliphatic carboxylic acids is 1. The van der Waals surface area contributed by atoms with Gasteiger partial charge in [0.25, 0.3) is 5.91 Å². The summed E-state index contributed by atoms with van der Waals surface area (Å²) in [5.41, 5.74) is 5.39. The van der Waals surface area contributed by atoms with Crippen LogP contribution in [0, 0.1) is 0 Å². The molecule has 0 saturated heterocycles. The fourth-order valence-electron chi connectivity index (χ4n) is 2.69. The van der Waals surface area contributed by atoms with Gasteiger partial charge in [-0.25, -0.2) is 9.78 Å². The highest BCUT2D eigenvalue weighted by atomic mass is 32.2. The van der Waals surface area contributed by atoms with Crippen LogP contribution in [-0.4, -0.2) is 47.4 Å². The van der Waals surface area contributed by atoms with E-state index in [9.17, 15) is 18.0 Å². The van der Waals surface area contributed by atoms with Crippen molar-refractivity contribution in [2.24, 2.45) is 5.10 Å². The Hall–Kier alpha value is -3.48. The molecule has 164 valence electrons. The summed E-state index contributed by atoms with van der Waals surface area (Å²) in [5.74, 6) is -1.73. The Balaban J connectivity index is 0.000000339. The van der Waals surface area contributed by atoms with E-state index >= 15 is 0 Å². The highest BCUT2D eigenvalue weighted by Crippen LogP contribution is 2.49. The Bertz CT molecular complexity index is 1060. The van der Waals surface area contributed by atoms with Crippen molar-refractivity contribution >= 4 is 34.4 Å². The first-order chi connectivity index (χ1) is 14.6. The quantitative estimate of drug-likeness (QED) is 0.644. The third-order valence-electron chi connectivity index (χ3n) is 4.17. The molecule has 0 aliphatic carbocycles. The molecule has 0 fully saturated rings. The predicted octanol–water partition coefficient (Wildman–Crippen LogP) is 2.54. The molecule has 4 rings (SSSR count). The standard InChI is InChI=1S/C16H14N4O3S.C2HF3O2/c1-22-10-3-4-12-11(8-10)16(15(21)18-12)20-19-14(24-16)9-5-6-17-13(7-9)23-2;3-2(4,5)1(6)7/h3-8,20H,1-2H3,(H,18,21);(H,6,7). The second-order valence-corrected chi connectivity index (χ2v) is 7.27. The number of hydrogen-bond acceptors (Lipinski definition) is 8. The first kappa shape index (κ1) is 22.2. The number of pyridine rings is 1. The van der Waals surface area contributed by atoms with Gasteiger partial charge in [-0.2, -0.15) is 18.3 Å². The number of rotatable bonds is 3. The van der Waals surface area contributed by atoms with Crippen molar-refractivity contribution in [2.75, 3.05) is 19.5 Å². The van der Waals surface area contributed by atoms with Crippen molar-refractivity contribution in [3.05, 3.63) is 47.7 Å². The van der Waals surface area contributed by atoms with Crippen LogP contribution in [0.4, 0.5) is 18.9 Å². The molecular formula is C18H15F3N4O5S. The number of benzene rings is 1. The lowest BCUT2D eigenvalue weighted by molar-refractivity contribution is -0.192. The number of aromatic nitrogens is 1. The minimum atomic E-state index is -5.08. The molecule has 13 heteroatoms. The van der Waals surface area contributed by atoms with E-state index in [0.29, 0.717) is 16.7 Å². The highest BCUT2D eigenvalue weighted by Gasteiger charge is 2.52. The zero-order chi connectivity index (χ0) is 22.8. The molecule has 2 aromatic rings. The van der Waals surface area contributed by atoms with Gasteiger partial charge in [-0.15, -0.1) is 0 Å². The summed E-state index contributed by atoms with van der Waals surface area (Å²) < 4.78 is 42.2. The van der Waals surface area contributed by atoms with E-state index in [2.05, 4.69) is 20.8 Å². The molecule has 2 aliphatic heterocycles. The van der Waals surface area contributed by atoms with Crippen molar-refractivity contribution in [1.29, 1.82) is 0 Å². The largest absolute Gasteiger partial charge is 0.497 e. The monoisotopic (exact) mass is 456 g/mol. The Kier molecular flexibility index (Phi) is 5.97. The van der Waals surface area contributed by atoms with E-state index in [1.165, 1.54) is 11.8 Å². The van der Waals surface area contributed by atoms with E-state index < -0.39 is 17.0 Å². The summed E-state index contributed by atoms with van der Waals surface area (Å²) >= 11 is 1.35. The average molecular weight is 456 g/mol. The zero-order valence-electron chi connectivity index (χ0n) is 16.0. The minimum Gasteiger partial charge on any atom is -0.497 e. The number of carbonyl (C=O) groups excluding carboxylic acids is 1. The summed E-state index contributed by atoms with van der Waals surface area (Å²) in [5, 5.41) is 15.1. The van der Waals surface area contributed by atoms with E-state index in [4.69, 9.17) is 19.4 Å². The molecule has 1 aromatic heterocycles. The molecule has 1 unspecified atom stereocenters. The minimum absolute atomic E-state index is 0.157. The first-order valence-electron chi connectivity index (χ1n) is 8.45. The maximum Gasteiger partial charge on any atom is 0.490 e. The topological polar surface area (TPSA) is 122 Å². The molecule has 1 atom stereocenters. The number of methoxy groups -OCH3 is 2. The van der Waals surface area contributed by atoms with Crippen molar-refractivity contribution < 1.29 is 37.3 Å². The molecule has 31 heavy (non-hydrogen) atoms. The van der Waals surface area contributed by atoms with Gasteiger partial charge >= 0.3 is 12.1 Å². The summed E-state index contributed by atoms with van der Waals surface area (Å²) in [6, 6.07) is 9.10. The lowest BCUT2D eigenvalue weighted by Gasteiger charge is -2.20. The number of hydrazone groups is 1. The number of anilines is 1. The van der Waals surface area contributed by atoms with Crippen LogP contribution in [0.25, 0.3) is 0 Å². The van der Waals surface area contributed by atoms with E-state index in [1.807, 2.05) is 24.3 Å². The third kappa shape index (κ3) is 4.35. The molecular weight excluding hydrogens is 441 g/mol. The summed E-state index contributed by atoms with van der Waals surface area (Å²) in [7, 11) is 3.15. The molecule has 1 spiro atoms. The fraction of sp³-hybridized carbons (Fsp3) is 0.222. The Labute approximate surface area is 177 Å². The second kappa shape index (κ2) is 8.34. The van der Waals surface area contributed by atoms with Crippen molar-refractivity contribution in [1.82, 2.24) is 10.4 Å². The number of carboxylic acid groups (broad SMARTS) is 1. The number of hydrogen-bond donors (Lipinski definition) is 3. The maximum absolute atomic E-state index is 12.6. The van der Waals surface area contributed by atoms with Crippen LogP contribution in [-0.2, 0) is 14.5 Å². The molecule has 2 aliphatic rings. The highest BCUT2D eigenvalue weighted by molar-refractivity contribution is 8.16. The number of ether oxygens (including phenoxy) is 2. The third-order valence-corrected chi connectivity index (χ3v) is 5.50. The molecule has 1 aromatic carbocycles. The van der Waals surface area contributed by atoms with Gasteiger partial charge in [-0.05, 0) is 24.3 Å². The van der Waals surface area contributed by atoms with Gasteiger partial charge in [-0.3, -0.25) is 10.2 Å². The second-order valence-electron chi connectivity index (χ2n) is 6.07. The van der Waals surface area contributed by atoms with Crippen molar-refractivity contribution in [3.8, 4) is 11.6 Å². The predicted molar refractivity (Wildman–Crippen MR) is 105 cm³/mol. The number of nitrogens with one attached hydrogen (secondary N) is 2. The van der Waals surface area contributed by atoms with Crippen LogP contribution >= 0.6 is 11.8 Å². The molecule has 9 nitrogen and oxygen atoms in total. The van der Waals surface area contributed by atoms with Gasteiger partial charge in [0.15, 0.2) is 0 Å². The van der Waals surface area contributed by atoms with E-state index in [-0.39, 0.29) is 5.91 Å². The van der Waals surface area contributed by atoms with Crippen LogP contribution in [0.5, 0.6) is 11.6 Å². The Morgan fingerprint density at radius 2 is 1.90 bits per heavy atom. The van der Waals surface area contributed by atoms with E-state index in [0.717, 1.165) is 16.8 Å². The molecule has 1 amide bonds. The Morgan fingerprint density at radius 3 is 2.52 bits per heavy atom. The number of amides is 1. The number of alkyl halides is 3. The molecule has 3 N–H and O–H groups in total. The SMILES string of the molecule is COc1ccc2c(c1)C1(NN=C(c3ccnc(OC)c3)S1)C(=O)N2.O=C(O)C(F)(F)F. The van der Waals surface area contributed by atoms with Crippen molar-refractivity contribution in [3.63, 3.8) is 0 Å². The van der Waals surface area contributed by atoms with Crippen LogP contribution in [0.2, 0.25) is 0 Å². The van der Waals surface area contributed by atoms with Gasteiger partial charge in [0.1, 0.15) is 10.8 Å². The van der Waals surface area contributed by atoms with Crippen molar-refractivity contribution in [2.45, 2.75) is 11.0 Å². The number of fused-ring (bicyclic) bond motifs is 2. The number of nitrogens with zero attached hydrogens (tertiary/aromatic N) is 2. The van der Waals surface area contributed by atoms with Crippen LogP contribution in [0.15, 0.2) is 41.6 Å². The number of thioether (sulfide) groups is 1. The van der Waals surface area contributed by atoms with Gasteiger partial charge < -0.3 is 19.9 Å². The lowest BCUT2D eigenvalue weighted by Crippen LogP contribution is -2.39. The van der Waals surface area contributed by atoms with Crippen LogP contribution in [0.3, 0.4) is 0 Å². The van der Waals surface area contributed by atoms with Gasteiger partial charge in [0.2, 0.25) is 10.8 Å². The molecule has 0 bridgehead atoms. The first-order valence-corrected chi connectivity index (χ1v) is 9.26. The van der Waals surface area contributed by atoms with Crippen LogP contribution in [0.1, 0.15) is 11.1 Å². The van der Waals surface area contributed by atoms with E-state index in [1.54, 1.807) is 26.5 Å². The maximum atomic E-state index is 12.6. The number of halogens is 3. The summed E-state index contributed by atoms with van der Waals surface area (Å²) in [6.07, 6.45) is -3.44. The normalized spacial score (nSPS) is 18.9. The lowest BCUT2D eigenvalue weighted by atomic mass is 10.1. The zero-order valence-corrected chi connectivity index (χ0v) is 16.8. The van der Waals surface area contributed by atoms with Gasteiger partial charge in [0, 0.05) is 29.1 Å². The van der Waals surface area contributed by atoms with Crippen LogP contribution < -0.4 is 20.2 Å². The summed E-state index contributed by atoms with van der Waals surface area (Å²) in [6.45, 7) is 0. The average Bonchev–Trinajstić information content (AvgIpc) is 3.30. The molecule has 0 saturated carbocycles.